The number of phosphoric ester groups is 1. The Hall–Kier alpha value is -1.54. The molecule has 0 saturated carbocycles. The minimum Gasteiger partial charge on any atom is -0.756 e. The summed E-state index contributed by atoms with van der Waals surface area (Å²) in [6.07, 6.45) is 69.1. The largest absolute Gasteiger partial charge is 0.756 e. The molecule has 0 bridgehead atoms. The molecule has 0 saturated heterocycles. The maximum Gasteiger partial charge on any atom is 0.268 e. The Morgan fingerprint density at radius 1 is 0.500 bits per heavy atom. The molecule has 0 aromatic rings. The number of aliphatic hydroxyl groups is 1. The molecule has 3 atom stereocenters. The summed E-state index contributed by atoms with van der Waals surface area (Å²) in [7, 11) is 1.24. The van der Waals surface area contributed by atoms with Gasteiger partial charge in [-0.2, -0.15) is 0 Å². The summed E-state index contributed by atoms with van der Waals surface area (Å²) in [6, 6.07) is -0.908. The van der Waals surface area contributed by atoms with Gasteiger partial charge in [0.15, 0.2) is 0 Å². The van der Waals surface area contributed by atoms with E-state index < -0.39 is 26.6 Å². The van der Waals surface area contributed by atoms with Gasteiger partial charge in [-0.3, -0.25) is 9.36 Å². The third kappa shape index (κ3) is 54.2. The van der Waals surface area contributed by atoms with Gasteiger partial charge >= 0.3 is 0 Å². The van der Waals surface area contributed by atoms with Gasteiger partial charge in [0.25, 0.3) is 7.82 Å². The second kappa shape index (κ2) is 52.3. The fourth-order valence-electron chi connectivity index (χ4n) is 8.79. The first-order chi connectivity index (χ1) is 34.0. The van der Waals surface area contributed by atoms with E-state index in [1.165, 1.54) is 218 Å². The number of amides is 1. The van der Waals surface area contributed by atoms with Crippen molar-refractivity contribution in [3.63, 3.8) is 0 Å². The minimum absolute atomic E-state index is 0.00779. The van der Waals surface area contributed by atoms with Crippen LogP contribution in [0.2, 0.25) is 0 Å². The van der Waals surface area contributed by atoms with Crippen LogP contribution in [0, 0.1) is 0 Å². The molecule has 0 heterocycles. The lowest BCUT2D eigenvalue weighted by Crippen LogP contribution is -2.45. The molecule has 0 aliphatic heterocycles. The van der Waals surface area contributed by atoms with Crippen LogP contribution in [-0.2, 0) is 18.4 Å². The van der Waals surface area contributed by atoms with Crippen molar-refractivity contribution in [2.45, 2.75) is 296 Å². The lowest BCUT2D eigenvalue weighted by atomic mass is 10.0. The molecule has 70 heavy (non-hydrogen) atoms. The van der Waals surface area contributed by atoms with Gasteiger partial charge < -0.3 is 28.8 Å². The number of hydrogen-bond acceptors (Lipinski definition) is 6. The monoisotopic (exact) mass is 1000 g/mol. The fraction of sp³-hybridized carbons (Fsp3) is 0.852. The zero-order valence-electron chi connectivity index (χ0n) is 47.0. The van der Waals surface area contributed by atoms with E-state index in [2.05, 4.69) is 55.6 Å². The van der Waals surface area contributed by atoms with Gasteiger partial charge in [0.2, 0.25) is 5.91 Å². The molecule has 0 aliphatic carbocycles. The first-order valence-corrected chi connectivity index (χ1v) is 31.5. The minimum atomic E-state index is -4.61. The lowest BCUT2D eigenvalue weighted by Gasteiger charge is -2.29. The highest BCUT2D eigenvalue weighted by atomic mass is 31.2. The third-order valence-electron chi connectivity index (χ3n) is 13.5. The van der Waals surface area contributed by atoms with Crippen LogP contribution in [0.15, 0.2) is 48.6 Å². The van der Waals surface area contributed by atoms with Crippen molar-refractivity contribution < 1.29 is 32.9 Å². The number of aliphatic hydroxyl groups excluding tert-OH is 1. The molecule has 1 amide bonds. The second-order valence-electron chi connectivity index (χ2n) is 21.7. The smallest absolute Gasteiger partial charge is 0.268 e. The van der Waals surface area contributed by atoms with E-state index in [0.29, 0.717) is 17.4 Å². The molecule has 0 aromatic heterocycles. The van der Waals surface area contributed by atoms with Crippen LogP contribution in [0.25, 0.3) is 0 Å². The van der Waals surface area contributed by atoms with Crippen LogP contribution in [0.5, 0.6) is 0 Å². The van der Waals surface area contributed by atoms with Crippen LogP contribution >= 0.6 is 7.82 Å². The molecule has 0 radical (unpaired) electrons. The predicted molar refractivity (Wildman–Crippen MR) is 302 cm³/mol. The maximum atomic E-state index is 13.0. The van der Waals surface area contributed by atoms with Gasteiger partial charge in [0.05, 0.1) is 39.9 Å². The van der Waals surface area contributed by atoms with Gasteiger partial charge in [-0.15, -0.1) is 0 Å². The number of likely N-dealkylation sites (N-methyl/N-ethyl adjacent to an activating group) is 1. The Kier molecular flexibility index (Phi) is 51.2. The molecule has 0 spiro atoms. The van der Waals surface area contributed by atoms with Crippen molar-refractivity contribution in [3.8, 4) is 0 Å². The van der Waals surface area contributed by atoms with Crippen molar-refractivity contribution in [1.29, 1.82) is 0 Å². The normalized spacial score (nSPS) is 14.2. The summed E-state index contributed by atoms with van der Waals surface area (Å²) in [5.74, 6) is -0.209. The maximum absolute atomic E-state index is 13.0. The van der Waals surface area contributed by atoms with E-state index in [4.69, 9.17) is 9.05 Å². The Bertz CT molecular complexity index is 1280. The standard InChI is InChI=1S/C61H117N2O6P/c1-6-8-10-12-14-16-18-20-22-24-26-28-30-31-33-35-37-39-41-43-45-47-49-51-53-55-61(65)62-59(58-69-70(66,67)68-57-56-63(3,4)5)60(64)54-52-50-48-46-44-42-40-38-36-34-32-29-27-25-23-21-19-17-15-13-11-9-7-2/h26,28,31,33,44,46,52,54,59-60,64H,6-25,27,29-30,32,34-43,45,47-51,53,55-58H2,1-5H3,(H-,62,65,66,67)/b28-26-,33-31-,46-44+,54-52+. The highest BCUT2D eigenvalue weighted by Crippen LogP contribution is 2.38. The Morgan fingerprint density at radius 2 is 0.843 bits per heavy atom. The number of rotatable bonds is 55. The Labute approximate surface area is 435 Å². The first kappa shape index (κ1) is 68.5. The average Bonchev–Trinajstić information content (AvgIpc) is 3.32. The average molecular weight is 1010 g/mol. The summed E-state index contributed by atoms with van der Waals surface area (Å²) in [5.41, 5.74) is 0. The Morgan fingerprint density at radius 3 is 1.24 bits per heavy atom. The van der Waals surface area contributed by atoms with Crippen molar-refractivity contribution in [2.24, 2.45) is 0 Å². The van der Waals surface area contributed by atoms with Crippen molar-refractivity contribution in [1.82, 2.24) is 5.32 Å². The molecule has 3 unspecified atom stereocenters. The zero-order valence-corrected chi connectivity index (χ0v) is 47.9. The molecule has 0 fully saturated rings. The summed E-state index contributed by atoms with van der Waals surface area (Å²) < 4.78 is 23.4. The topological polar surface area (TPSA) is 108 Å². The van der Waals surface area contributed by atoms with Gasteiger partial charge in [-0.25, -0.2) is 0 Å². The van der Waals surface area contributed by atoms with Crippen molar-refractivity contribution in [2.75, 3.05) is 40.9 Å². The first-order valence-electron chi connectivity index (χ1n) is 30.0. The highest BCUT2D eigenvalue weighted by Gasteiger charge is 2.23. The second-order valence-corrected chi connectivity index (χ2v) is 23.1. The number of allylic oxidation sites excluding steroid dienone is 7. The van der Waals surface area contributed by atoms with Gasteiger partial charge in [-0.05, 0) is 64.2 Å². The number of hydrogen-bond donors (Lipinski definition) is 2. The zero-order chi connectivity index (χ0) is 51.3. The predicted octanol–water partition coefficient (Wildman–Crippen LogP) is 17.7. The number of phosphoric acid groups is 1. The van der Waals surface area contributed by atoms with Crippen LogP contribution in [0.1, 0.15) is 284 Å². The third-order valence-corrected chi connectivity index (χ3v) is 14.5. The molecular formula is C61H117N2O6P. The van der Waals surface area contributed by atoms with E-state index in [-0.39, 0.29) is 12.5 Å². The summed E-state index contributed by atoms with van der Waals surface area (Å²) in [5, 5.41) is 13.9. The van der Waals surface area contributed by atoms with Crippen molar-refractivity contribution in [3.05, 3.63) is 48.6 Å². The van der Waals surface area contributed by atoms with Gasteiger partial charge in [0, 0.05) is 6.42 Å². The molecule has 8 nitrogen and oxygen atoms in total. The fourth-order valence-corrected chi connectivity index (χ4v) is 9.51. The number of carbonyl (C=O) groups is 1. The molecule has 2 N–H and O–H groups in total. The summed E-state index contributed by atoms with van der Waals surface area (Å²) >= 11 is 0. The van der Waals surface area contributed by atoms with E-state index in [1.807, 2.05) is 27.2 Å². The van der Waals surface area contributed by atoms with Gasteiger partial charge in [-0.1, -0.05) is 262 Å². The molecular weight excluding hydrogens is 888 g/mol. The molecule has 0 rings (SSSR count). The lowest BCUT2D eigenvalue weighted by molar-refractivity contribution is -0.870. The quantitative estimate of drug-likeness (QED) is 0.0272. The van der Waals surface area contributed by atoms with E-state index in [1.54, 1.807) is 6.08 Å². The summed E-state index contributed by atoms with van der Waals surface area (Å²) in [4.78, 5) is 25.5. The van der Waals surface area contributed by atoms with Crippen LogP contribution in [0.4, 0.5) is 0 Å². The highest BCUT2D eigenvalue weighted by molar-refractivity contribution is 7.45. The van der Waals surface area contributed by atoms with Crippen molar-refractivity contribution >= 4 is 13.7 Å². The number of quaternary nitrogens is 1. The van der Waals surface area contributed by atoms with Crippen LogP contribution in [-0.4, -0.2) is 68.5 Å². The number of unbranched alkanes of at least 4 members (excludes halogenated alkanes) is 36. The molecule has 9 heteroatoms. The number of carbonyl (C=O) groups excluding carboxylic acids is 1. The number of nitrogens with zero attached hydrogens (tertiary/aromatic N) is 1. The molecule has 412 valence electrons. The van der Waals surface area contributed by atoms with Crippen LogP contribution in [0.3, 0.4) is 0 Å². The summed E-state index contributed by atoms with van der Waals surface area (Å²) in [6.45, 7) is 4.66. The number of nitrogens with one attached hydrogen (secondary N) is 1. The van der Waals surface area contributed by atoms with E-state index in [9.17, 15) is 19.4 Å². The van der Waals surface area contributed by atoms with E-state index in [0.717, 1.165) is 44.9 Å². The van der Waals surface area contributed by atoms with Crippen LogP contribution < -0.4 is 10.2 Å². The Balaban J connectivity index is 4.24. The SMILES string of the molecule is CCCCCCCCCCC/C=C\C/C=C\CCCCCCCCCCCC(=O)NC(COP(=O)([O-])OCC[N+](C)(C)C)C(O)/C=C/CC/C=C/CCCCCCCCCCCCCCCCCCC. The van der Waals surface area contributed by atoms with E-state index >= 15 is 0 Å². The van der Waals surface area contributed by atoms with Gasteiger partial charge in [0.1, 0.15) is 13.2 Å². The molecule has 0 aromatic carbocycles. The molecule has 0 aliphatic rings.